The van der Waals surface area contributed by atoms with Crippen LogP contribution in [0.1, 0.15) is 94.3 Å². The summed E-state index contributed by atoms with van der Waals surface area (Å²) in [5.74, 6) is 1.14. The molecular formula is C81H83BCl14N16O7. The molecule has 38 heteroatoms. The normalized spacial score (nSPS) is 10.8. The average Bonchev–Trinajstić information content (AvgIpc) is 1.63. The van der Waals surface area contributed by atoms with Crippen LogP contribution in [0.25, 0.3) is 61.0 Å². The van der Waals surface area contributed by atoms with E-state index in [0.29, 0.717) is 125 Å². The van der Waals surface area contributed by atoms with Crippen molar-refractivity contribution in [3.63, 3.8) is 0 Å². The van der Waals surface area contributed by atoms with Crippen LogP contribution >= 0.6 is 162 Å². The van der Waals surface area contributed by atoms with Crippen LogP contribution in [0.3, 0.4) is 0 Å². The van der Waals surface area contributed by atoms with E-state index >= 15 is 0 Å². The zero-order valence-corrected chi connectivity index (χ0v) is 75.8. The Labute approximate surface area is 762 Å². The van der Waals surface area contributed by atoms with Crippen molar-refractivity contribution < 1.29 is 34.2 Å². The second-order valence-electron chi connectivity index (χ2n) is 23.9. The number of ketones is 2. The van der Waals surface area contributed by atoms with Crippen molar-refractivity contribution in [3.8, 4) is 51.6 Å². The van der Waals surface area contributed by atoms with E-state index in [-0.39, 0.29) is 55.2 Å². The van der Waals surface area contributed by atoms with Gasteiger partial charge in [-0.15, -0.1) is 0 Å². The van der Waals surface area contributed by atoms with Crippen LogP contribution in [0.5, 0.6) is 0 Å². The van der Waals surface area contributed by atoms with Crippen molar-refractivity contribution in [3.05, 3.63) is 233 Å². The molecule has 5 aromatic heterocycles. The zero-order valence-electron chi connectivity index (χ0n) is 66.2. The van der Waals surface area contributed by atoms with Gasteiger partial charge in [0, 0.05) is 123 Å². The summed E-state index contributed by atoms with van der Waals surface area (Å²) in [6.07, 6.45) is 10.3. The summed E-state index contributed by atoms with van der Waals surface area (Å²) < 4.78 is 5.75. The molecule has 6 aromatic carbocycles. The van der Waals surface area contributed by atoms with E-state index in [0.717, 1.165) is 86.0 Å². The number of nitrogens with one attached hydrogen (secondary N) is 6. The fourth-order valence-electron chi connectivity index (χ4n) is 9.04. The molecule has 630 valence electrons. The Morgan fingerprint density at radius 2 is 1.03 bits per heavy atom. The van der Waals surface area contributed by atoms with E-state index in [4.69, 9.17) is 200 Å². The third-order valence-electron chi connectivity index (χ3n) is 14.9. The molecular weight excluding hydrogens is 1820 g/mol. The van der Waals surface area contributed by atoms with Crippen molar-refractivity contribution in [1.82, 2.24) is 40.2 Å². The van der Waals surface area contributed by atoms with Gasteiger partial charge in [-0.05, 0) is 150 Å². The number of nitrogens with two attached hydrogens (primary N) is 3. The summed E-state index contributed by atoms with van der Waals surface area (Å²) in [5, 5.41) is 61.8. The maximum absolute atomic E-state index is 10.7. The molecule has 5 heterocycles. The third-order valence-corrected chi connectivity index (χ3v) is 18.5. The number of aldehydes is 2. The van der Waals surface area contributed by atoms with Gasteiger partial charge in [-0.3, -0.25) is 14.4 Å². The Morgan fingerprint density at radius 1 is 0.605 bits per heavy atom. The quantitative estimate of drug-likeness (QED) is 0.0133. The van der Waals surface area contributed by atoms with Gasteiger partial charge < -0.3 is 62.6 Å². The number of aryl methyl sites for hydroxylation is 3. The third kappa shape index (κ3) is 38.5. The molecule has 23 nitrogen and oxygen atoms in total. The van der Waals surface area contributed by atoms with E-state index < -0.39 is 5.92 Å². The summed E-state index contributed by atoms with van der Waals surface area (Å²) in [5.41, 5.74) is 28.2. The number of anilines is 2. The zero-order chi connectivity index (χ0) is 91.1. The SMILES string of the molecule is CC(=O)CN.CC(=O)CN/C=C(\C#N)c1ccc(Cl)cc1Cl.CC(=O)Cl.CC=O.CCC(CO)Nc1nc(C)nc2c(-c3ccc(Cl)cc3Cl)c[nH]c12.CCC(N)CO.Cc1[nH]cc(-c2ccc(Cl)cc2Cl)c1N.Cc1nc(Cl)c2[nH]cc(-c3ccc(Cl)cc3Cl)c2n1.N#CC(C=O)c1ccc(Cl)cc1Cl.N#CCc1ccc(Cl)cc1Cl.[2H]B=N. The molecule has 0 fully saturated rings. The Bertz CT molecular complexity index is 5350. The van der Waals surface area contributed by atoms with Gasteiger partial charge in [0.25, 0.3) is 0 Å². The summed E-state index contributed by atoms with van der Waals surface area (Å²) >= 11 is 81.7. The molecule has 0 aliphatic carbocycles. The molecule has 0 spiro atoms. The van der Waals surface area contributed by atoms with Gasteiger partial charge in [0.15, 0.2) is 11.0 Å². The van der Waals surface area contributed by atoms with Crippen molar-refractivity contribution in [2.24, 2.45) is 11.5 Å². The molecule has 119 heavy (non-hydrogen) atoms. The van der Waals surface area contributed by atoms with Crippen LogP contribution in [0.2, 0.25) is 65.4 Å². The molecule has 0 radical (unpaired) electrons. The fourth-order valence-corrected chi connectivity index (χ4v) is 12.4. The van der Waals surface area contributed by atoms with Crippen LogP contribution in [-0.2, 0) is 30.4 Å². The molecule has 0 saturated carbocycles. The van der Waals surface area contributed by atoms with Crippen LogP contribution < -0.4 is 27.8 Å². The number of allylic oxidation sites excluding steroid dienone is 1. The number of H-pyrrole nitrogens is 3. The number of benzene rings is 6. The van der Waals surface area contributed by atoms with Crippen molar-refractivity contribution in [2.45, 2.75) is 99.6 Å². The van der Waals surface area contributed by atoms with Crippen molar-refractivity contribution in [1.29, 1.82) is 22.4 Å². The standard InChI is InChI=1S/C17H18Cl2N4O.C13H8Cl3N3.C12H10Cl2N2O.C11H10Cl2N2.C9H5Cl2NO.C8H5Cl2N.C4H11NO.C3H7NO.C2H3ClO.C2H4O.BH2N/c1-3-11(8-24)23-17-16-15(21-9(2)22-17)13(7-20-16)12-5-4-10(18)6-14(12)19;1-6-18-11-9(5-17-12(11)13(16)19-6)8-3-2-7(14)4-10(8)15;1-8(17)6-16-7-9(5-15)11-3-2-10(13)4-12(11)14;1-6-11(14)9(5-15-6)8-3-2-7(12)4-10(8)13;10-7-1-2-8(9(11)3-7)6(4-12)5-13;9-7-2-1-6(3-4-11)8(10)5-7;1-2-4(5)3-6;1-3(5)2-4;1-2(3)4;1-2-3;1-2/h4-7,11,20,24H,3,8H2,1-2H3,(H,21,22,23);2-5,17H,1H3;2-4,7,16H,6H2,1H3;2-5,15H,14H2,1H3;1-3,5-6H;1-2,5H,3H2;4,6H,2-3,5H2,1H3;2,4H2,1H3;1H3;2H,1H3;1-2H/b;;9-7+;;;;;;;;/i;;;;;;;;;;1D. The predicted molar refractivity (Wildman–Crippen MR) is 492 cm³/mol. The maximum atomic E-state index is 10.7. The van der Waals surface area contributed by atoms with Gasteiger partial charge in [0.05, 0.1) is 82.3 Å². The molecule has 11 rings (SSSR count). The minimum absolute atomic E-state index is 0.00926. The van der Waals surface area contributed by atoms with Gasteiger partial charge in [-0.2, -0.15) is 15.8 Å². The molecule has 14 N–H and O–H groups in total. The second-order valence-corrected chi connectivity index (χ2v) is 29.8. The second kappa shape index (κ2) is 58.5. The molecule has 0 saturated heterocycles. The van der Waals surface area contributed by atoms with Crippen LogP contribution in [-0.4, -0.2) is 122 Å². The van der Waals surface area contributed by atoms with Gasteiger partial charge >= 0.3 is 14.3 Å². The number of aromatic nitrogens is 7. The number of nitriles is 3. The number of nitrogens with zero attached hydrogens (tertiary/aromatic N) is 7. The number of hydrogen-bond donors (Lipinski definition) is 11. The Hall–Kier alpha value is -8.44. The van der Waals surface area contributed by atoms with E-state index in [1.807, 2.05) is 82.7 Å². The predicted octanol–water partition coefficient (Wildman–Crippen LogP) is 22.0. The summed E-state index contributed by atoms with van der Waals surface area (Å²) in [6, 6.07) is 36.6. The monoisotopic (exact) mass is 1890 g/mol. The van der Waals surface area contributed by atoms with Crippen molar-refractivity contribution >= 4 is 239 Å². The van der Waals surface area contributed by atoms with Crippen LogP contribution in [0.4, 0.5) is 11.5 Å². The number of fused-ring (bicyclic) bond motifs is 2. The Kier molecular flexibility index (Phi) is 52.4. The molecule has 0 amide bonds. The Balaban J connectivity index is 0.000000694. The summed E-state index contributed by atoms with van der Waals surface area (Å²) in [6.45, 7) is 15.7. The number of Topliss-reactive ketones (excluding diaryl/α,β-unsaturated/α-hetero) is 2. The van der Waals surface area contributed by atoms with Crippen LogP contribution in [0.15, 0.2) is 134 Å². The number of aromatic amines is 3. The first-order valence-corrected chi connectivity index (χ1v) is 40.0. The fraction of sp³-hybridized carbons (Fsp3) is 0.235. The first-order valence-electron chi connectivity index (χ1n) is 35.3. The number of halogens is 14. The van der Waals surface area contributed by atoms with Gasteiger partial charge in [-0.25, -0.2) is 19.9 Å². The average molecular weight is 1900 g/mol. The van der Waals surface area contributed by atoms with E-state index in [9.17, 15) is 24.3 Å². The number of carbonyl (C=O) groups excluding carboxylic acids is 5. The van der Waals surface area contributed by atoms with E-state index in [1.165, 1.54) is 40.0 Å². The van der Waals surface area contributed by atoms with Gasteiger partial charge in [-0.1, -0.05) is 201 Å². The molecule has 3 unspecified atom stereocenters. The molecule has 0 aliphatic rings. The first-order chi connectivity index (χ1) is 56.8. The van der Waals surface area contributed by atoms with E-state index in [2.05, 4.69) is 57.1 Å². The van der Waals surface area contributed by atoms with Crippen LogP contribution in [0, 0.1) is 60.1 Å². The Morgan fingerprint density at radius 3 is 1.39 bits per heavy atom. The summed E-state index contributed by atoms with van der Waals surface area (Å²) in [4.78, 5) is 75.8. The number of nitrogen functional groups attached to an aromatic ring is 1. The number of aliphatic hydroxyl groups excluding tert-OH is 2. The number of carbonyl (C=O) groups is 5. The first kappa shape index (κ1) is 107. The molecule has 0 bridgehead atoms. The number of hydrogen-bond acceptors (Lipinski definition) is 20. The number of aliphatic hydroxyl groups is 2. The number of rotatable bonds is 17. The van der Waals surface area contributed by atoms with E-state index in [1.54, 1.807) is 91.9 Å². The topological polar surface area (TPSA) is 422 Å². The molecule has 3 atom stereocenters. The van der Waals surface area contributed by atoms with Crippen molar-refractivity contribution in [2.75, 3.05) is 37.4 Å². The van der Waals surface area contributed by atoms with Gasteiger partial charge in [0.1, 0.15) is 69.8 Å². The van der Waals surface area contributed by atoms with Gasteiger partial charge in [0.2, 0.25) is 5.24 Å². The molecule has 0 aliphatic heterocycles. The summed E-state index contributed by atoms with van der Waals surface area (Å²) in [7, 11) is 0.500. The molecule has 11 aromatic rings. The minimum atomic E-state index is -0.815.